The van der Waals surface area contributed by atoms with Gasteiger partial charge in [0.05, 0.1) is 41.0 Å². The lowest BCUT2D eigenvalue weighted by atomic mass is 10.1. The molecule has 7 heteroatoms. The summed E-state index contributed by atoms with van der Waals surface area (Å²) < 4.78 is 7.59. The van der Waals surface area contributed by atoms with Gasteiger partial charge >= 0.3 is 0 Å². The molecule has 0 amide bonds. The summed E-state index contributed by atoms with van der Waals surface area (Å²) in [6, 6.07) is 10.2. The fraction of sp³-hybridized carbons (Fsp3) is 0.333. The van der Waals surface area contributed by atoms with Crippen molar-refractivity contribution < 1.29 is 4.52 Å². The number of nitrogens with zero attached hydrogens (tertiary/aromatic N) is 6. The molecule has 1 aliphatic heterocycles. The normalized spacial score (nSPS) is 17.5. The van der Waals surface area contributed by atoms with Gasteiger partial charge in [-0.15, -0.1) is 0 Å². The molecule has 1 saturated heterocycles. The number of fused-ring (bicyclic) bond motifs is 3. The third-order valence-corrected chi connectivity index (χ3v) is 5.47. The molecule has 4 aromatic rings. The average molecular weight is 372 g/mol. The fourth-order valence-corrected chi connectivity index (χ4v) is 4.20. The molecular weight excluding hydrogens is 352 g/mol. The standard InChI is InChI=1S/C21H20N6O/c1-13-7-15(25-28-13)9-20-24-19-11-23-18-4-3-14(10-22)8-17(18)21(19)27(20)16-5-6-26(2)12-16/h3-4,7-8,11,16H,5-6,9,12H2,1-2H3/t16-/m1/s1. The molecule has 0 spiro atoms. The van der Waals surface area contributed by atoms with Gasteiger partial charge in [0.2, 0.25) is 0 Å². The Morgan fingerprint density at radius 3 is 2.89 bits per heavy atom. The van der Waals surface area contributed by atoms with Crippen molar-refractivity contribution in [3.8, 4) is 6.07 Å². The quantitative estimate of drug-likeness (QED) is 0.549. The lowest BCUT2D eigenvalue weighted by molar-refractivity contribution is 0.387. The maximum Gasteiger partial charge on any atom is 0.133 e. The minimum absolute atomic E-state index is 0.328. The first-order valence-electron chi connectivity index (χ1n) is 9.43. The number of hydrogen-bond donors (Lipinski definition) is 0. The molecule has 140 valence electrons. The summed E-state index contributed by atoms with van der Waals surface area (Å²) in [4.78, 5) is 11.8. The fourth-order valence-electron chi connectivity index (χ4n) is 4.20. The first-order chi connectivity index (χ1) is 13.6. The van der Waals surface area contributed by atoms with Crippen LogP contribution in [0.2, 0.25) is 0 Å². The van der Waals surface area contributed by atoms with E-state index in [9.17, 15) is 5.26 Å². The van der Waals surface area contributed by atoms with Crippen LogP contribution in [0, 0.1) is 18.3 Å². The summed E-state index contributed by atoms with van der Waals surface area (Å²) in [5.41, 5.74) is 4.29. The molecule has 0 unspecified atom stereocenters. The number of likely N-dealkylation sites (tertiary alicyclic amines) is 1. The lowest BCUT2D eigenvalue weighted by Gasteiger charge is -2.17. The van der Waals surface area contributed by atoms with Crippen LogP contribution in [-0.2, 0) is 6.42 Å². The van der Waals surface area contributed by atoms with Crippen LogP contribution in [-0.4, -0.2) is 44.7 Å². The van der Waals surface area contributed by atoms with Crippen molar-refractivity contribution in [1.82, 2.24) is 24.6 Å². The zero-order chi connectivity index (χ0) is 19.3. The Hall–Kier alpha value is -3.24. The van der Waals surface area contributed by atoms with Crippen LogP contribution in [0.15, 0.2) is 35.0 Å². The number of imidazole rings is 1. The zero-order valence-electron chi connectivity index (χ0n) is 15.9. The lowest BCUT2D eigenvalue weighted by Crippen LogP contribution is -2.18. The molecule has 1 aromatic carbocycles. The van der Waals surface area contributed by atoms with E-state index in [2.05, 4.69) is 32.7 Å². The summed E-state index contributed by atoms with van der Waals surface area (Å²) in [5, 5.41) is 14.5. The number of aryl methyl sites for hydroxylation is 1. The second-order valence-corrected chi connectivity index (χ2v) is 7.54. The van der Waals surface area contributed by atoms with Gasteiger partial charge in [-0.3, -0.25) is 4.98 Å². The number of likely N-dealkylation sites (N-methyl/N-ethyl adjacent to an activating group) is 1. The molecule has 0 aliphatic carbocycles. The van der Waals surface area contributed by atoms with E-state index in [0.29, 0.717) is 18.0 Å². The summed E-state index contributed by atoms with van der Waals surface area (Å²) in [5.74, 6) is 1.75. The van der Waals surface area contributed by atoms with E-state index in [1.807, 2.05) is 37.4 Å². The Balaban J connectivity index is 1.76. The van der Waals surface area contributed by atoms with E-state index in [-0.39, 0.29) is 0 Å². The summed E-state index contributed by atoms with van der Waals surface area (Å²) >= 11 is 0. The molecule has 3 aromatic heterocycles. The van der Waals surface area contributed by atoms with Crippen molar-refractivity contribution >= 4 is 21.9 Å². The van der Waals surface area contributed by atoms with E-state index in [0.717, 1.165) is 58.7 Å². The average Bonchev–Trinajstić information content (AvgIpc) is 3.39. The zero-order valence-corrected chi connectivity index (χ0v) is 15.9. The second kappa shape index (κ2) is 6.43. The third kappa shape index (κ3) is 2.74. The maximum atomic E-state index is 9.37. The van der Waals surface area contributed by atoms with Crippen LogP contribution < -0.4 is 0 Å². The molecule has 4 heterocycles. The van der Waals surface area contributed by atoms with Gasteiger partial charge in [0.1, 0.15) is 17.1 Å². The van der Waals surface area contributed by atoms with Crippen LogP contribution in [0.5, 0.6) is 0 Å². The van der Waals surface area contributed by atoms with Gasteiger partial charge < -0.3 is 14.0 Å². The highest BCUT2D eigenvalue weighted by atomic mass is 16.5. The van der Waals surface area contributed by atoms with Gasteiger partial charge in [0.15, 0.2) is 0 Å². The molecule has 1 atom stereocenters. The SMILES string of the molecule is Cc1cc(Cc2nc3cnc4ccc(C#N)cc4c3n2[C@@H]2CCN(C)C2)no1. The van der Waals surface area contributed by atoms with E-state index in [4.69, 9.17) is 9.51 Å². The van der Waals surface area contributed by atoms with Crippen molar-refractivity contribution in [2.24, 2.45) is 0 Å². The van der Waals surface area contributed by atoms with Crippen molar-refractivity contribution in [3.05, 3.63) is 53.3 Å². The number of hydrogen-bond acceptors (Lipinski definition) is 6. The largest absolute Gasteiger partial charge is 0.361 e. The maximum absolute atomic E-state index is 9.37. The number of benzene rings is 1. The number of rotatable bonds is 3. The van der Waals surface area contributed by atoms with Crippen molar-refractivity contribution in [1.29, 1.82) is 5.26 Å². The second-order valence-electron chi connectivity index (χ2n) is 7.54. The molecule has 0 radical (unpaired) electrons. The summed E-state index contributed by atoms with van der Waals surface area (Å²) in [6.07, 6.45) is 3.50. The number of pyridine rings is 1. The Morgan fingerprint density at radius 1 is 1.29 bits per heavy atom. The van der Waals surface area contributed by atoms with Crippen molar-refractivity contribution in [2.45, 2.75) is 25.8 Å². The Morgan fingerprint density at radius 2 is 2.18 bits per heavy atom. The van der Waals surface area contributed by atoms with Crippen LogP contribution in [0.3, 0.4) is 0 Å². The highest BCUT2D eigenvalue weighted by Crippen LogP contribution is 2.32. The molecule has 7 nitrogen and oxygen atoms in total. The minimum atomic E-state index is 0.328. The third-order valence-electron chi connectivity index (χ3n) is 5.47. The molecule has 0 saturated carbocycles. The number of aromatic nitrogens is 4. The minimum Gasteiger partial charge on any atom is -0.361 e. The van der Waals surface area contributed by atoms with Gasteiger partial charge in [-0.05, 0) is 45.1 Å². The molecule has 0 bridgehead atoms. The molecule has 5 rings (SSSR count). The van der Waals surface area contributed by atoms with E-state index >= 15 is 0 Å². The first kappa shape index (κ1) is 16.9. The Labute approximate surface area is 162 Å². The Kier molecular flexibility index (Phi) is 3.88. The topological polar surface area (TPSA) is 83.8 Å². The van der Waals surface area contributed by atoms with Crippen LogP contribution in [0.1, 0.15) is 35.3 Å². The van der Waals surface area contributed by atoms with Crippen molar-refractivity contribution in [3.63, 3.8) is 0 Å². The van der Waals surface area contributed by atoms with Crippen LogP contribution >= 0.6 is 0 Å². The molecule has 0 N–H and O–H groups in total. The summed E-state index contributed by atoms with van der Waals surface area (Å²) in [6.45, 7) is 3.92. The monoisotopic (exact) mass is 372 g/mol. The smallest absolute Gasteiger partial charge is 0.133 e. The van der Waals surface area contributed by atoms with E-state index < -0.39 is 0 Å². The van der Waals surface area contributed by atoms with Gasteiger partial charge in [-0.1, -0.05) is 5.16 Å². The highest BCUT2D eigenvalue weighted by Gasteiger charge is 2.27. The van der Waals surface area contributed by atoms with E-state index in [1.54, 1.807) is 0 Å². The van der Waals surface area contributed by atoms with Gasteiger partial charge in [-0.25, -0.2) is 4.98 Å². The highest BCUT2D eigenvalue weighted by molar-refractivity contribution is 6.02. The first-order valence-corrected chi connectivity index (χ1v) is 9.43. The van der Waals surface area contributed by atoms with Gasteiger partial charge in [0, 0.05) is 24.0 Å². The van der Waals surface area contributed by atoms with Gasteiger partial charge in [0.25, 0.3) is 0 Å². The predicted molar refractivity (Wildman–Crippen MR) is 105 cm³/mol. The molecule has 1 aliphatic rings. The molecular formula is C21H20N6O. The Bertz CT molecular complexity index is 1230. The predicted octanol–water partition coefficient (Wildman–Crippen LogP) is 3.22. The van der Waals surface area contributed by atoms with Crippen LogP contribution in [0.4, 0.5) is 0 Å². The van der Waals surface area contributed by atoms with Crippen molar-refractivity contribution in [2.75, 3.05) is 20.1 Å². The summed E-state index contributed by atoms with van der Waals surface area (Å²) in [7, 11) is 2.15. The van der Waals surface area contributed by atoms with Crippen LogP contribution in [0.25, 0.3) is 21.9 Å². The number of nitriles is 1. The molecule has 28 heavy (non-hydrogen) atoms. The van der Waals surface area contributed by atoms with E-state index in [1.165, 1.54) is 0 Å². The molecule has 1 fully saturated rings. The van der Waals surface area contributed by atoms with Gasteiger partial charge in [-0.2, -0.15) is 5.26 Å².